The average Bonchev–Trinajstić information content (AvgIpc) is 2.96. The van der Waals surface area contributed by atoms with Crippen LogP contribution in [0.3, 0.4) is 0 Å². The van der Waals surface area contributed by atoms with Crippen LogP contribution in [0.5, 0.6) is 0 Å². The summed E-state index contributed by atoms with van der Waals surface area (Å²) in [5.74, 6) is -0.934. The molecule has 0 spiro atoms. The highest BCUT2D eigenvalue weighted by Gasteiger charge is 2.41. The van der Waals surface area contributed by atoms with Gasteiger partial charge < -0.3 is 5.32 Å². The van der Waals surface area contributed by atoms with E-state index in [-0.39, 0.29) is 21.4 Å². The summed E-state index contributed by atoms with van der Waals surface area (Å²) >= 11 is 13.7. The maximum absolute atomic E-state index is 13.3. The minimum Gasteiger partial charge on any atom is -0.350 e. The molecular formula is C23H16Cl2N2O2S. The van der Waals surface area contributed by atoms with Gasteiger partial charge >= 0.3 is 0 Å². The number of thioether (sulfide) groups is 1. The largest absolute Gasteiger partial charge is 0.350 e. The van der Waals surface area contributed by atoms with E-state index in [1.807, 2.05) is 61.5 Å². The van der Waals surface area contributed by atoms with Crippen LogP contribution in [0.15, 0.2) is 88.3 Å². The molecule has 0 radical (unpaired) electrons. The Morgan fingerprint density at radius 3 is 2.23 bits per heavy atom. The zero-order valence-electron chi connectivity index (χ0n) is 15.9. The van der Waals surface area contributed by atoms with Crippen LogP contribution >= 0.6 is 35.0 Å². The number of imide groups is 1. The van der Waals surface area contributed by atoms with Crippen LogP contribution in [0.2, 0.25) is 10.0 Å². The Balaban J connectivity index is 1.77. The first kappa shape index (κ1) is 20.5. The summed E-state index contributed by atoms with van der Waals surface area (Å²) in [5, 5.41) is 3.55. The lowest BCUT2D eigenvalue weighted by atomic mass is 10.2. The van der Waals surface area contributed by atoms with Gasteiger partial charge in [0.2, 0.25) is 0 Å². The van der Waals surface area contributed by atoms with Gasteiger partial charge in [-0.2, -0.15) is 0 Å². The molecule has 0 unspecified atom stereocenters. The Bertz CT molecular complexity index is 1160. The lowest BCUT2D eigenvalue weighted by Crippen LogP contribution is -2.32. The van der Waals surface area contributed by atoms with Gasteiger partial charge in [-0.3, -0.25) is 9.59 Å². The van der Waals surface area contributed by atoms with Crippen molar-refractivity contribution in [2.24, 2.45) is 0 Å². The number of aryl methyl sites for hydroxylation is 1. The van der Waals surface area contributed by atoms with E-state index < -0.39 is 11.8 Å². The van der Waals surface area contributed by atoms with Gasteiger partial charge in [0.15, 0.2) is 0 Å². The smallest absolute Gasteiger partial charge is 0.283 e. The SMILES string of the molecule is Cc1ccc(NC2=C(Sc3ccccc3)C(=O)N(c3cccc(Cl)c3Cl)C2=O)cc1. The van der Waals surface area contributed by atoms with Crippen LogP contribution in [0.25, 0.3) is 0 Å². The highest BCUT2D eigenvalue weighted by molar-refractivity contribution is 8.04. The minimum atomic E-state index is -0.483. The highest BCUT2D eigenvalue weighted by atomic mass is 35.5. The molecule has 0 bridgehead atoms. The number of benzene rings is 3. The Kier molecular flexibility index (Phi) is 5.86. The Hall–Kier alpha value is -2.73. The second-order valence-corrected chi connectivity index (χ2v) is 8.50. The van der Waals surface area contributed by atoms with Crippen molar-refractivity contribution < 1.29 is 9.59 Å². The van der Waals surface area contributed by atoms with Gasteiger partial charge in [-0.05, 0) is 43.3 Å². The van der Waals surface area contributed by atoms with Crippen molar-refractivity contribution in [2.75, 3.05) is 10.2 Å². The van der Waals surface area contributed by atoms with Gasteiger partial charge in [-0.15, -0.1) is 0 Å². The Morgan fingerprint density at radius 1 is 0.833 bits per heavy atom. The van der Waals surface area contributed by atoms with E-state index in [4.69, 9.17) is 23.2 Å². The predicted octanol–water partition coefficient (Wildman–Crippen LogP) is 6.29. The molecule has 3 aromatic rings. The lowest BCUT2D eigenvalue weighted by molar-refractivity contribution is -0.120. The molecule has 3 aromatic carbocycles. The first-order valence-electron chi connectivity index (χ1n) is 9.09. The highest BCUT2D eigenvalue weighted by Crippen LogP contribution is 2.41. The molecule has 30 heavy (non-hydrogen) atoms. The molecule has 1 N–H and O–H groups in total. The fraction of sp³-hybridized carbons (Fsp3) is 0.0435. The predicted molar refractivity (Wildman–Crippen MR) is 123 cm³/mol. The number of halogens is 2. The molecule has 0 fully saturated rings. The van der Waals surface area contributed by atoms with Crippen LogP contribution in [0.4, 0.5) is 11.4 Å². The van der Waals surface area contributed by atoms with E-state index >= 15 is 0 Å². The number of rotatable bonds is 5. The summed E-state index contributed by atoms with van der Waals surface area (Å²) in [6.45, 7) is 1.98. The van der Waals surface area contributed by atoms with Crippen molar-refractivity contribution in [1.29, 1.82) is 0 Å². The van der Waals surface area contributed by atoms with Crippen LogP contribution in [0.1, 0.15) is 5.56 Å². The fourth-order valence-electron chi connectivity index (χ4n) is 2.99. The maximum atomic E-state index is 13.3. The first-order chi connectivity index (χ1) is 14.5. The van der Waals surface area contributed by atoms with E-state index in [0.29, 0.717) is 10.6 Å². The molecule has 0 aliphatic carbocycles. The standard InChI is InChI=1S/C23H16Cl2N2O2S/c1-14-10-12-15(13-11-14)26-20-21(30-16-6-3-2-4-7-16)23(29)27(22(20)28)18-9-5-8-17(24)19(18)25/h2-13,26H,1H3. The van der Waals surface area contributed by atoms with Crippen LogP contribution < -0.4 is 10.2 Å². The molecule has 0 saturated carbocycles. The summed E-state index contributed by atoms with van der Waals surface area (Å²) in [7, 11) is 0. The lowest BCUT2D eigenvalue weighted by Gasteiger charge is -2.17. The van der Waals surface area contributed by atoms with Crippen molar-refractivity contribution >= 4 is 58.2 Å². The third-order valence-electron chi connectivity index (χ3n) is 4.50. The summed E-state index contributed by atoms with van der Waals surface area (Å²) in [5.41, 5.74) is 2.26. The van der Waals surface area contributed by atoms with Crippen molar-refractivity contribution in [2.45, 2.75) is 11.8 Å². The number of anilines is 2. The van der Waals surface area contributed by atoms with E-state index in [0.717, 1.165) is 15.4 Å². The number of nitrogens with zero attached hydrogens (tertiary/aromatic N) is 1. The minimum absolute atomic E-state index is 0.154. The van der Waals surface area contributed by atoms with E-state index in [1.165, 1.54) is 11.8 Å². The zero-order chi connectivity index (χ0) is 21.3. The topological polar surface area (TPSA) is 49.4 Å². The van der Waals surface area contributed by atoms with Gasteiger partial charge in [-0.1, -0.05) is 76.9 Å². The monoisotopic (exact) mass is 454 g/mol. The van der Waals surface area contributed by atoms with Crippen LogP contribution in [-0.4, -0.2) is 11.8 Å². The normalized spacial score (nSPS) is 13.9. The van der Waals surface area contributed by atoms with Gasteiger partial charge in [0.05, 0.1) is 15.7 Å². The number of amides is 2. The number of carbonyl (C=O) groups is 2. The summed E-state index contributed by atoms with van der Waals surface area (Å²) in [6.07, 6.45) is 0. The average molecular weight is 455 g/mol. The van der Waals surface area contributed by atoms with E-state index in [1.54, 1.807) is 18.2 Å². The molecule has 4 rings (SSSR count). The van der Waals surface area contributed by atoms with Crippen LogP contribution in [-0.2, 0) is 9.59 Å². The molecule has 1 aliphatic rings. The van der Waals surface area contributed by atoms with Crippen molar-refractivity contribution in [3.63, 3.8) is 0 Å². The third kappa shape index (κ3) is 3.97. The quantitative estimate of drug-likeness (QED) is 0.460. The van der Waals surface area contributed by atoms with E-state index in [9.17, 15) is 9.59 Å². The molecule has 4 nitrogen and oxygen atoms in total. The second-order valence-electron chi connectivity index (χ2n) is 6.63. The number of carbonyl (C=O) groups excluding carboxylic acids is 2. The van der Waals surface area contributed by atoms with Gasteiger partial charge in [0.25, 0.3) is 11.8 Å². The number of hydrogen-bond acceptors (Lipinski definition) is 4. The molecule has 0 atom stereocenters. The third-order valence-corrected chi connectivity index (χ3v) is 6.40. The van der Waals surface area contributed by atoms with E-state index in [2.05, 4.69) is 5.32 Å². The molecule has 2 amide bonds. The molecule has 150 valence electrons. The van der Waals surface area contributed by atoms with Crippen molar-refractivity contribution in [1.82, 2.24) is 0 Å². The van der Waals surface area contributed by atoms with Gasteiger partial charge in [0.1, 0.15) is 10.6 Å². The van der Waals surface area contributed by atoms with Crippen LogP contribution in [0, 0.1) is 6.92 Å². The Morgan fingerprint density at radius 2 is 1.53 bits per heavy atom. The molecule has 1 heterocycles. The molecular weight excluding hydrogens is 439 g/mol. The second kappa shape index (κ2) is 8.56. The Labute approximate surface area is 188 Å². The maximum Gasteiger partial charge on any atom is 0.283 e. The first-order valence-corrected chi connectivity index (χ1v) is 10.7. The number of hydrogen-bond donors (Lipinski definition) is 1. The molecule has 0 saturated heterocycles. The summed E-state index contributed by atoms with van der Waals surface area (Å²) in [6, 6.07) is 21.9. The van der Waals surface area contributed by atoms with Gasteiger partial charge in [-0.25, -0.2) is 4.90 Å². The van der Waals surface area contributed by atoms with Crippen molar-refractivity contribution in [3.05, 3.63) is 99.0 Å². The molecule has 7 heteroatoms. The molecule has 1 aliphatic heterocycles. The zero-order valence-corrected chi connectivity index (χ0v) is 18.2. The summed E-state index contributed by atoms with van der Waals surface area (Å²) in [4.78, 5) is 28.8. The fourth-order valence-corrected chi connectivity index (χ4v) is 4.31. The molecule has 0 aromatic heterocycles. The summed E-state index contributed by atoms with van der Waals surface area (Å²) < 4.78 is 0. The van der Waals surface area contributed by atoms with Gasteiger partial charge in [0, 0.05) is 10.6 Å². The van der Waals surface area contributed by atoms with Crippen molar-refractivity contribution in [3.8, 4) is 0 Å². The number of nitrogens with one attached hydrogen (secondary N) is 1.